The lowest BCUT2D eigenvalue weighted by Gasteiger charge is -2.34. The highest BCUT2D eigenvalue weighted by Crippen LogP contribution is 2.24. The topological polar surface area (TPSA) is 55.2 Å². The van der Waals surface area contributed by atoms with Gasteiger partial charge in [-0.2, -0.15) is 0 Å². The minimum absolute atomic E-state index is 0. The number of hydrogen-bond donors (Lipinski definition) is 0. The second kappa shape index (κ2) is 8.78. The van der Waals surface area contributed by atoms with Gasteiger partial charge >= 0.3 is 0 Å². The molecule has 0 bridgehead atoms. The zero-order valence-electron chi connectivity index (χ0n) is 14.4. The molecule has 1 fully saturated rings. The average molecular weight is 367 g/mol. The van der Waals surface area contributed by atoms with Gasteiger partial charge in [-0.25, -0.2) is 0 Å². The number of methoxy groups -OCH3 is 2. The summed E-state index contributed by atoms with van der Waals surface area (Å²) in [6, 6.07) is 9.13. The Labute approximate surface area is 153 Å². The molecule has 1 aliphatic heterocycles. The molecule has 1 aliphatic rings. The van der Waals surface area contributed by atoms with Crippen LogP contribution in [0.4, 0.5) is 0 Å². The fraction of sp³-hybridized carbons (Fsp3) is 0.389. The maximum Gasteiger partial charge on any atom is 0.254 e. The molecular weight excluding hydrogens is 344 g/mol. The molecule has 1 aromatic carbocycles. The van der Waals surface area contributed by atoms with Gasteiger partial charge in [-0.15, -0.1) is 12.4 Å². The Kier molecular flexibility index (Phi) is 6.73. The Balaban J connectivity index is 0.00000225. The van der Waals surface area contributed by atoms with Crippen molar-refractivity contribution in [2.24, 2.45) is 0 Å². The van der Waals surface area contributed by atoms with Crippen molar-refractivity contribution in [1.82, 2.24) is 9.80 Å². The number of piperazine rings is 1. The average Bonchev–Trinajstić information content (AvgIpc) is 3.14. The van der Waals surface area contributed by atoms with E-state index < -0.39 is 0 Å². The lowest BCUT2D eigenvalue weighted by molar-refractivity contribution is 0.0619. The predicted octanol–water partition coefficient (Wildman–Crippen LogP) is 2.68. The lowest BCUT2D eigenvalue weighted by atomic mass is 10.1. The van der Waals surface area contributed by atoms with Crippen LogP contribution in [-0.4, -0.2) is 56.1 Å². The Bertz CT molecular complexity index is 660. The summed E-state index contributed by atoms with van der Waals surface area (Å²) in [6.45, 7) is 3.82. The third-order valence-electron chi connectivity index (χ3n) is 4.22. The third-order valence-corrected chi connectivity index (χ3v) is 4.22. The summed E-state index contributed by atoms with van der Waals surface area (Å²) in [5, 5.41) is 0. The number of rotatable bonds is 5. The normalized spacial score (nSPS) is 14.7. The first kappa shape index (κ1) is 19.1. The number of halogens is 1. The Morgan fingerprint density at radius 1 is 1.08 bits per heavy atom. The molecule has 0 saturated carbocycles. The zero-order valence-corrected chi connectivity index (χ0v) is 15.3. The number of furan rings is 1. The van der Waals surface area contributed by atoms with E-state index in [1.807, 2.05) is 17.0 Å². The molecule has 1 amide bonds. The summed E-state index contributed by atoms with van der Waals surface area (Å²) in [4.78, 5) is 16.9. The van der Waals surface area contributed by atoms with Crippen LogP contribution >= 0.6 is 12.4 Å². The van der Waals surface area contributed by atoms with Crippen molar-refractivity contribution < 1.29 is 18.7 Å². The van der Waals surface area contributed by atoms with Gasteiger partial charge in [-0.05, 0) is 24.3 Å². The Hall–Kier alpha value is -2.18. The van der Waals surface area contributed by atoms with E-state index in [0.29, 0.717) is 30.2 Å². The number of nitrogens with zero attached hydrogens (tertiary/aromatic N) is 2. The monoisotopic (exact) mass is 366 g/mol. The zero-order chi connectivity index (χ0) is 16.9. The molecule has 7 heteroatoms. The van der Waals surface area contributed by atoms with Gasteiger partial charge in [-0.1, -0.05) is 0 Å². The number of carbonyl (C=O) groups excluding carboxylic acids is 1. The van der Waals surface area contributed by atoms with Crippen LogP contribution in [0.3, 0.4) is 0 Å². The maximum atomic E-state index is 12.7. The molecule has 2 aromatic rings. The van der Waals surface area contributed by atoms with Crippen LogP contribution in [0, 0.1) is 0 Å². The van der Waals surface area contributed by atoms with Crippen molar-refractivity contribution in [2.45, 2.75) is 6.54 Å². The Morgan fingerprint density at radius 2 is 1.72 bits per heavy atom. The van der Waals surface area contributed by atoms with Gasteiger partial charge in [0.2, 0.25) is 0 Å². The van der Waals surface area contributed by atoms with Gasteiger partial charge in [0.15, 0.2) is 0 Å². The van der Waals surface area contributed by atoms with Crippen molar-refractivity contribution in [1.29, 1.82) is 0 Å². The molecule has 1 saturated heterocycles. The summed E-state index contributed by atoms with van der Waals surface area (Å²) in [5.74, 6) is 2.19. The SMILES string of the molecule is COc1cc(OC)cc(C(=O)N2CCN(Cc3ccco3)CC2)c1.Cl. The van der Waals surface area contributed by atoms with Crippen LogP contribution in [-0.2, 0) is 6.54 Å². The fourth-order valence-corrected chi connectivity index (χ4v) is 2.85. The second-order valence-corrected chi connectivity index (χ2v) is 5.75. The minimum Gasteiger partial charge on any atom is -0.497 e. The van der Waals surface area contributed by atoms with Gasteiger partial charge in [-0.3, -0.25) is 9.69 Å². The van der Waals surface area contributed by atoms with E-state index >= 15 is 0 Å². The van der Waals surface area contributed by atoms with Crippen LogP contribution in [0.2, 0.25) is 0 Å². The number of benzene rings is 1. The maximum absolute atomic E-state index is 12.7. The highest BCUT2D eigenvalue weighted by molar-refractivity contribution is 5.95. The molecule has 6 nitrogen and oxygen atoms in total. The molecular formula is C18H23ClN2O4. The summed E-state index contributed by atoms with van der Waals surface area (Å²) in [7, 11) is 3.16. The molecule has 0 radical (unpaired) electrons. The first-order valence-corrected chi connectivity index (χ1v) is 7.96. The summed E-state index contributed by atoms with van der Waals surface area (Å²) < 4.78 is 15.9. The van der Waals surface area contributed by atoms with E-state index in [1.165, 1.54) is 0 Å². The van der Waals surface area contributed by atoms with Gasteiger partial charge in [0.25, 0.3) is 5.91 Å². The molecule has 0 unspecified atom stereocenters. The number of hydrogen-bond acceptors (Lipinski definition) is 5. The molecule has 3 rings (SSSR count). The van der Waals surface area contributed by atoms with E-state index in [0.717, 1.165) is 25.4 Å². The minimum atomic E-state index is 0. The second-order valence-electron chi connectivity index (χ2n) is 5.75. The molecule has 0 N–H and O–H groups in total. The summed E-state index contributed by atoms with van der Waals surface area (Å²) >= 11 is 0. The predicted molar refractivity (Wildman–Crippen MR) is 96.7 cm³/mol. The van der Waals surface area contributed by atoms with E-state index in [-0.39, 0.29) is 18.3 Å². The first-order valence-electron chi connectivity index (χ1n) is 7.96. The standard InChI is InChI=1S/C18H22N2O4.ClH/c1-22-16-10-14(11-17(12-16)23-2)18(21)20-7-5-19(6-8-20)13-15-4-3-9-24-15;/h3-4,9-12H,5-8,13H2,1-2H3;1H. The van der Waals surface area contributed by atoms with Crippen molar-refractivity contribution in [3.8, 4) is 11.5 Å². The Morgan fingerprint density at radius 3 is 2.24 bits per heavy atom. The van der Waals surface area contributed by atoms with Crippen molar-refractivity contribution in [2.75, 3.05) is 40.4 Å². The number of ether oxygens (including phenoxy) is 2. The quantitative estimate of drug-likeness (QED) is 0.814. The molecule has 25 heavy (non-hydrogen) atoms. The van der Waals surface area contributed by atoms with E-state index in [4.69, 9.17) is 13.9 Å². The van der Waals surface area contributed by atoms with Crippen molar-refractivity contribution >= 4 is 18.3 Å². The van der Waals surface area contributed by atoms with Gasteiger partial charge in [0.1, 0.15) is 17.3 Å². The molecule has 136 valence electrons. The molecule has 0 spiro atoms. The van der Waals surface area contributed by atoms with E-state index in [1.54, 1.807) is 38.7 Å². The van der Waals surface area contributed by atoms with E-state index in [9.17, 15) is 4.79 Å². The van der Waals surface area contributed by atoms with Crippen molar-refractivity contribution in [3.63, 3.8) is 0 Å². The molecule has 2 heterocycles. The van der Waals surface area contributed by atoms with Crippen molar-refractivity contribution in [3.05, 3.63) is 47.9 Å². The van der Waals surface area contributed by atoms with E-state index in [2.05, 4.69) is 4.90 Å². The van der Waals surface area contributed by atoms with Gasteiger partial charge in [0.05, 0.1) is 27.0 Å². The number of carbonyl (C=O) groups is 1. The van der Waals surface area contributed by atoms with Crippen LogP contribution in [0.15, 0.2) is 41.0 Å². The highest BCUT2D eigenvalue weighted by atomic mass is 35.5. The van der Waals surface area contributed by atoms with Crippen LogP contribution in [0.25, 0.3) is 0 Å². The highest BCUT2D eigenvalue weighted by Gasteiger charge is 2.23. The summed E-state index contributed by atoms with van der Waals surface area (Å²) in [6.07, 6.45) is 1.69. The van der Waals surface area contributed by atoms with Crippen LogP contribution < -0.4 is 9.47 Å². The summed E-state index contributed by atoms with van der Waals surface area (Å²) in [5.41, 5.74) is 0.589. The fourth-order valence-electron chi connectivity index (χ4n) is 2.85. The molecule has 0 atom stereocenters. The molecule has 0 aliphatic carbocycles. The smallest absolute Gasteiger partial charge is 0.254 e. The molecule has 1 aromatic heterocycles. The van der Waals surface area contributed by atoms with Crippen LogP contribution in [0.5, 0.6) is 11.5 Å². The lowest BCUT2D eigenvalue weighted by Crippen LogP contribution is -2.48. The van der Waals surface area contributed by atoms with Gasteiger partial charge < -0.3 is 18.8 Å². The largest absolute Gasteiger partial charge is 0.497 e. The van der Waals surface area contributed by atoms with Gasteiger partial charge in [0, 0.05) is 37.8 Å². The third kappa shape index (κ3) is 4.67. The van der Waals surface area contributed by atoms with Crippen LogP contribution in [0.1, 0.15) is 16.1 Å². The first-order chi connectivity index (χ1) is 11.7. The number of amides is 1.